The molecule has 6 nitrogen and oxygen atoms in total. The van der Waals surface area contributed by atoms with Crippen LogP contribution in [0.15, 0.2) is 36.4 Å². The molecule has 1 unspecified atom stereocenters. The van der Waals surface area contributed by atoms with Gasteiger partial charge in [0, 0.05) is 31.4 Å². The van der Waals surface area contributed by atoms with Crippen LogP contribution in [0.5, 0.6) is 11.5 Å². The highest BCUT2D eigenvalue weighted by Gasteiger charge is 2.51. The van der Waals surface area contributed by atoms with Gasteiger partial charge < -0.3 is 18.9 Å². The molecular formula is C21H20O6. The molecule has 6 heteroatoms. The van der Waals surface area contributed by atoms with Crippen molar-refractivity contribution in [3.63, 3.8) is 0 Å². The Balaban J connectivity index is 1.93. The fourth-order valence-electron chi connectivity index (χ4n) is 3.95. The average Bonchev–Trinajstić information content (AvgIpc) is 2.94. The number of methoxy groups -OCH3 is 2. The summed E-state index contributed by atoms with van der Waals surface area (Å²) in [7, 11) is 3.13. The number of cyclic esters (lactones) is 2. The van der Waals surface area contributed by atoms with Gasteiger partial charge >= 0.3 is 11.9 Å². The zero-order chi connectivity index (χ0) is 19.3. The fourth-order valence-corrected chi connectivity index (χ4v) is 3.95. The molecule has 1 atom stereocenters. The lowest BCUT2D eigenvalue weighted by atomic mass is 9.83. The number of fused-ring (bicyclic) bond motifs is 3. The second kappa shape index (κ2) is 6.01. The van der Waals surface area contributed by atoms with Crippen LogP contribution in [0, 0.1) is 5.92 Å². The Hall–Kier alpha value is -3.02. The number of rotatable bonds is 3. The smallest absolute Gasteiger partial charge is 0.324 e. The van der Waals surface area contributed by atoms with Gasteiger partial charge in [-0.1, -0.05) is 24.3 Å². The maximum absolute atomic E-state index is 12.8. The molecule has 140 valence electrons. The topological polar surface area (TPSA) is 71.1 Å². The van der Waals surface area contributed by atoms with Gasteiger partial charge in [-0.25, -0.2) is 0 Å². The van der Waals surface area contributed by atoms with E-state index in [2.05, 4.69) is 0 Å². The van der Waals surface area contributed by atoms with Crippen LogP contribution in [0.1, 0.15) is 30.9 Å². The van der Waals surface area contributed by atoms with Crippen molar-refractivity contribution in [2.24, 2.45) is 5.92 Å². The number of ether oxygens (including phenoxy) is 4. The maximum Gasteiger partial charge on any atom is 0.324 e. The van der Waals surface area contributed by atoms with Gasteiger partial charge in [0.1, 0.15) is 11.5 Å². The summed E-state index contributed by atoms with van der Waals surface area (Å²) in [5.74, 6) is -2.92. The van der Waals surface area contributed by atoms with Gasteiger partial charge in [-0.2, -0.15) is 0 Å². The third-order valence-electron chi connectivity index (χ3n) is 5.00. The van der Waals surface area contributed by atoms with Crippen LogP contribution >= 0.6 is 0 Å². The Morgan fingerprint density at radius 3 is 2.19 bits per heavy atom. The lowest BCUT2D eigenvalue weighted by Crippen LogP contribution is -2.48. The number of hydrogen-bond acceptors (Lipinski definition) is 6. The Labute approximate surface area is 157 Å². The van der Waals surface area contributed by atoms with E-state index in [-0.39, 0.29) is 0 Å². The molecule has 2 aromatic carbocycles. The second-order valence-electron chi connectivity index (χ2n) is 7.08. The Bertz CT molecular complexity index is 926. The van der Waals surface area contributed by atoms with Crippen molar-refractivity contribution in [2.75, 3.05) is 14.2 Å². The Morgan fingerprint density at radius 2 is 1.56 bits per heavy atom. The molecule has 0 aromatic heterocycles. The van der Waals surface area contributed by atoms with Crippen molar-refractivity contribution < 1.29 is 28.5 Å². The van der Waals surface area contributed by atoms with E-state index in [4.69, 9.17) is 18.9 Å². The maximum atomic E-state index is 12.8. The molecule has 4 rings (SSSR count). The normalized spacial score (nSPS) is 20.4. The SMILES string of the molecule is COc1cc(OC)c2c(c1)-c1ccccc1C2C1C(=O)OC(C)(C)OC1=O. The van der Waals surface area contributed by atoms with E-state index < -0.39 is 29.6 Å². The molecule has 0 radical (unpaired) electrons. The first-order valence-electron chi connectivity index (χ1n) is 8.67. The molecule has 0 saturated carbocycles. The van der Waals surface area contributed by atoms with Crippen molar-refractivity contribution in [3.8, 4) is 22.6 Å². The summed E-state index contributed by atoms with van der Waals surface area (Å²) < 4.78 is 21.7. The van der Waals surface area contributed by atoms with Crippen molar-refractivity contribution >= 4 is 11.9 Å². The molecule has 2 aromatic rings. The average molecular weight is 368 g/mol. The minimum Gasteiger partial charge on any atom is -0.497 e. The molecule has 1 fully saturated rings. The van der Waals surface area contributed by atoms with Gasteiger partial charge in [-0.3, -0.25) is 9.59 Å². The summed E-state index contributed by atoms with van der Waals surface area (Å²) in [6.07, 6.45) is 0. The lowest BCUT2D eigenvalue weighted by Gasteiger charge is -2.35. The Kier molecular flexibility index (Phi) is 3.87. The summed E-state index contributed by atoms with van der Waals surface area (Å²) in [5.41, 5.74) is 3.42. The molecule has 1 aliphatic heterocycles. The quantitative estimate of drug-likeness (QED) is 0.612. The Morgan fingerprint density at radius 1 is 0.889 bits per heavy atom. The van der Waals surface area contributed by atoms with Gasteiger partial charge in [0.2, 0.25) is 0 Å². The van der Waals surface area contributed by atoms with Crippen LogP contribution in [-0.4, -0.2) is 31.9 Å². The minimum absolute atomic E-state index is 0.548. The van der Waals surface area contributed by atoms with E-state index in [9.17, 15) is 9.59 Å². The van der Waals surface area contributed by atoms with Crippen LogP contribution in [-0.2, 0) is 19.1 Å². The fraction of sp³-hybridized carbons (Fsp3) is 0.333. The molecule has 0 amide bonds. The third kappa shape index (κ3) is 2.63. The lowest BCUT2D eigenvalue weighted by molar-refractivity contribution is -0.240. The van der Waals surface area contributed by atoms with Crippen LogP contribution in [0.3, 0.4) is 0 Å². The van der Waals surface area contributed by atoms with Crippen LogP contribution < -0.4 is 9.47 Å². The number of carbonyl (C=O) groups excluding carboxylic acids is 2. The molecule has 27 heavy (non-hydrogen) atoms. The number of hydrogen-bond donors (Lipinski definition) is 0. The molecule has 0 spiro atoms. The molecule has 0 N–H and O–H groups in total. The monoisotopic (exact) mass is 368 g/mol. The van der Waals surface area contributed by atoms with Gasteiger partial charge in [-0.15, -0.1) is 0 Å². The van der Waals surface area contributed by atoms with Gasteiger partial charge in [-0.05, 0) is 22.8 Å². The van der Waals surface area contributed by atoms with Gasteiger partial charge in [0.25, 0.3) is 5.79 Å². The van der Waals surface area contributed by atoms with E-state index in [0.717, 1.165) is 22.3 Å². The molecule has 0 bridgehead atoms. The van der Waals surface area contributed by atoms with Crippen LogP contribution in [0.2, 0.25) is 0 Å². The third-order valence-corrected chi connectivity index (χ3v) is 5.00. The van der Waals surface area contributed by atoms with Gasteiger partial charge in [0.05, 0.1) is 14.2 Å². The number of benzene rings is 2. The van der Waals surface area contributed by atoms with Crippen molar-refractivity contribution in [1.82, 2.24) is 0 Å². The predicted molar refractivity (Wildman–Crippen MR) is 96.6 cm³/mol. The largest absolute Gasteiger partial charge is 0.497 e. The summed E-state index contributed by atoms with van der Waals surface area (Å²) in [6.45, 7) is 3.09. The zero-order valence-electron chi connectivity index (χ0n) is 15.6. The minimum atomic E-state index is -1.27. The first-order valence-corrected chi connectivity index (χ1v) is 8.67. The number of carbonyl (C=O) groups is 2. The number of esters is 2. The first kappa shape index (κ1) is 17.4. The van der Waals surface area contributed by atoms with Crippen LogP contribution in [0.25, 0.3) is 11.1 Å². The summed E-state index contributed by atoms with van der Waals surface area (Å²) in [4.78, 5) is 25.5. The highest BCUT2D eigenvalue weighted by molar-refractivity contribution is 6.00. The molecule has 1 heterocycles. The van der Waals surface area contributed by atoms with Crippen molar-refractivity contribution in [1.29, 1.82) is 0 Å². The highest BCUT2D eigenvalue weighted by atomic mass is 16.7. The standard InChI is InChI=1S/C21H20O6/c1-21(2)26-19(22)18(20(23)27-21)17-13-8-6-5-7-12(13)14-9-11(24-3)10-15(25-4)16(14)17/h5-10,17-18H,1-4H3. The highest BCUT2D eigenvalue weighted by Crippen LogP contribution is 2.54. The predicted octanol–water partition coefficient (Wildman–Crippen LogP) is 3.27. The molecule has 2 aliphatic rings. The van der Waals surface area contributed by atoms with E-state index in [1.54, 1.807) is 34.1 Å². The van der Waals surface area contributed by atoms with Gasteiger partial charge in [0.15, 0.2) is 5.92 Å². The first-order chi connectivity index (χ1) is 12.9. The van der Waals surface area contributed by atoms with Crippen LogP contribution in [0.4, 0.5) is 0 Å². The summed E-state index contributed by atoms with van der Waals surface area (Å²) in [6, 6.07) is 11.3. The van der Waals surface area contributed by atoms with E-state index in [0.29, 0.717) is 11.5 Å². The van der Waals surface area contributed by atoms with E-state index in [1.807, 2.05) is 30.3 Å². The van der Waals surface area contributed by atoms with Crippen molar-refractivity contribution in [2.45, 2.75) is 25.6 Å². The van der Waals surface area contributed by atoms with E-state index >= 15 is 0 Å². The summed E-state index contributed by atoms with van der Waals surface area (Å²) >= 11 is 0. The second-order valence-corrected chi connectivity index (χ2v) is 7.08. The summed E-state index contributed by atoms with van der Waals surface area (Å²) in [5, 5.41) is 0. The van der Waals surface area contributed by atoms with Crippen molar-refractivity contribution in [3.05, 3.63) is 47.5 Å². The molecule has 1 aliphatic carbocycles. The zero-order valence-corrected chi connectivity index (χ0v) is 15.6. The molecular weight excluding hydrogens is 348 g/mol. The van der Waals surface area contributed by atoms with E-state index in [1.165, 1.54) is 0 Å². The molecule has 1 saturated heterocycles.